The second-order valence-corrected chi connectivity index (χ2v) is 16.1. The Balaban J connectivity index is 1.09. The van der Waals surface area contributed by atoms with Crippen molar-refractivity contribution in [3.05, 3.63) is 164 Å². The molecule has 0 unspecified atom stereocenters. The monoisotopic (exact) mass is 765 g/mol. The molecule has 5 aromatic heterocycles. The van der Waals surface area contributed by atoms with Gasteiger partial charge in [0.2, 0.25) is 0 Å². The van der Waals surface area contributed by atoms with Gasteiger partial charge in [-0.15, -0.1) is 22.7 Å². The first-order valence-electron chi connectivity index (χ1n) is 18.7. The molecule has 0 saturated heterocycles. The van der Waals surface area contributed by atoms with Crippen molar-refractivity contribution in [1.29, 1.82) is 0 Å². The highest BCUT2D eigenvalue weighted by Gasteiger charge is 2.23. The number of para-hydroxylation sites is 1. The van der Waals surface area contributed by atoms with Crippen molar-refractivity contribution < 1.29 is 4.42 Å². The molecule has 0 bridgehead atoms. The number of aromatic nitrogens is 5. The summed E-state index contributed by atoms with van der Waals surface area (Å²) in [5.41, 5.74) is 7.84. The van der Waals surface area contributed by atoms with Gasteiger partial charge in [-0.05, 0) is 36.4 Å². The predicted molar refractivity (Wildman–Crippen MR) is 236 cm³/mol. The molecule has 0 atom stereocenters. The van der Waals surface area contributed by atoms with E-state index in [-0.39, 0.29) is 0 Å². The van der Waals surface area contributed by atoms with E-state index in [1.807, 2.05) is 54.6 Å². The third-order valence-electron chi connectivity index (χ3n) is 10.6. The highest BCUT2D eigenvalue weighted by molar-refractivity contribution is 7.26. The van der Waals surface area contributed by atoms with Crippen molar-refractivity contribution in [1.82, 2.24) is 24.9 Å². The Morgan fingerprint density at radius 2 is 0.912 bits per heavy atom. The Kier molecular flexibility index (Phi) is 7.17. The Hall–Kier alpha value is -7.13. The van der Waals surface area contributed by atoms with Crippen LogP contribution >= 0.6 is 22.7 Å². The maximum Gasteiger partial charge on any atom is 0.180 e. The highest BCUT2D eigenvalue weighted by Crippen LogP contribution is 2.45. The Bertz CT molecular complexity index is 3540. The normalized spacial score (nSPS) is 11.9. The van der Waals surface area contributed by atoms with E-state index in [4.69, 9.17) is 29.3 Å². The van der Waals surface area contributed by atoms with Gasteiger partial charge in [0, 0.05) is 73.5 Å². The minimum absolute atomic E-state index is 0.629. The van der Waals surface area contributed by atoms with E-state index < -0.39 is 0 Å². The molecule has 12 rings (SSSR count). The van der Waals surface area contributed by atoms with Crippen LogP contribution in [0, 0.1) is 0 Å². The van der Waals surface area contributed by atoms with Crippen LogP contribution in [0.25, 0.3) is 119 Å². The number of furan rings is 1. The maximum absolute atomic E-state index is 6.42. The minimum atomic E-state index is 0.629. The standard InChI is InChI=1S/C49H27N5OS2/c1-3-14-28(15-4-1)41-43-42(32-19-7-9-25-37(32)55-43)51-47(50-41)34-22-13-27-39-40(34)33-21-12-24-36(45(33)57-39)49-53-46(29-16-5-2-6-17-29)52-48(54-49)35-23-11-20-31-30-18-8-10-26-38(30)56-44(31)35/h1-27H. The quantitative estimate of drug-likeness (QED) is 0.174. The summed E-state index contributed by atoms with van der Waals surface area (Å²) >= 11 is 3.51. The minimum Gasteiger partial charge on any atom is -0.452 e. The molecule has 0 radical (unpaired) electrons. The fourth-order valence-electron chi connectivity index (χ4n) is 7.97. The van der Waals surface area contributed by atoms with Gasteiger partial charge in [0.05, 0.1) is 0 Å². The molecule has 0 aliphatic heterocycles. The largest absolute Gasteiger partial charge is 0.452 e. The molecule has 266 valence electrons. The molecule has 0 spiro atoms. The second kappa shape index (κ2) is 12.7. The van der Waals surface area contributed by atoms with Gasteiger partial charge in [-0.25, -0.2) is 24.9 Å². The zero-order valence-corrected chi connectivity index (χ0v) is 31.7. The lowest BCUT2D eigenvalue weighted by Gasteiger charge is -2.10. The topological polar surface area (TPSA) is 77.6 Å². The summed E-state index contributed by atoms with van der Waals surface area (Å²) in [6.07, 6.45) is 0. The number of nitrogens with zero attached hydrogens (tertiary/aromatic N) is 5. The average molecular weight is 766 g/mol. The van der Waals surface area contributed by atoms with Crippen molar-refractivity contribution in [2.45, 2.75) is 0 Å². The number of benzene rings is 7. The molecule has 0 aliphatic carbocycles. The van der Waals surface area contributed by atoms with Crippen molar-refractivity contribution in [2.24, 2.45) is 0 Å². The van der Waals surface area contributed by atoms with Gasteiger partial charge < -0.3 is 4.42 Å². The molecule has 0 fully saturated rings. The molecule has 57 heavy (non-hydrogen) atoms. The fraction of sp³-hybridized carbons (Fsp3) is 0. The van der Waals surface area contributed by atoms with Crippen LogP contribution in [0.5, 0.6) is 0 Å². The van der Waals surface area contributed by atoms with Crippen molar-refractivity contribution in [3.63, 3.8) is 0 Å². The van der Waals surface area contributed by atoms with Crippen molar-refractivity contribution in [3.8, 4) is 56.8 Å². The number of rotatable bonds is 5. The van der Waals surface area contributed by atoms with Crippen LogP contribution in [0.3, 0.4) is 0 Å². The molecule has 0 N–H and O–H groups in total. The lowest BCUT2D eigenvalue weighted by Crippen LogP contribution is -2.00. The first kappa shape index (κ1) is 32.1. The van der Waals surface area contributed by atoms with Crippen molar-refractivity contribution >= 4 is 85.1 Å². The van der Waals surface area contributed by atoms with Crippen LogP contribution in [0.1, 0.15) is 0 Å². The number of fused-ring (bicyclic) bond motifs is 9. The number of thiophene rings is 2. The van der Waals surface area contributed by atoms with E-state index >= 15 is 0 Å². The maximum atomic E-state index is 6.42. The van der Waals surface area contributed by atoms with Crippen LogP contribution < -0.4 is 0 Å². The van der Waals surface area contributed by atoms with Gasteiger partial charge in [-0.2, -0.15) is 0 Å². The Morgan fingerprint density at radius 1 is 0.368 bits per heavy atom. The summed E-state index contributed by atoms with van der Waals surface area (Å²) in [5, 5.41) is 5.60. The predicted octanol–water partition coefficient (Wildman–Crippen LogP) is 13.6. The van der Waals surface area contributed by atoms with E-state index in [1.54, 1.807) is 22.7 Å². The molecule has 0 amide bonds. The van der Waals surface area contributed by atoms with Gasteiger partial charge in [-0.3, -0.25) is 0 Å². The molecule has 6 nitrogen and oxygen atoms in total. The van der Waals surface area contributed by atoms with E-state index in [0.717, 1.165) is 74.9 Å². The number of hydrogen-bond donors (Lipinski definition) is 0. The summed E-state index contributed by atoms with van der Waals surface area (Å²) in [5.74, 6) is 2.56. The van der Waals surface area contributed by atoms with E-state index in [2.05, 4.69) is 109 Å². The average Bonchev–Trinajstić information content (AvgIpc) is 3.98. The molecule has 5 heterocycles. The van der Waals surface area contributed by atoms with Gasteiger partial charge in [0.15, 0.2) is 28.9 Å². The third kappa shape index (κ3) is 5.12. The first-order chi connectivity index (χ1) is 28.2. The highest BCUT2D eigenvalue weighted by atomic mass is 32.1. The van der Waals surface area contributed by atoms with E-state index in [0.29, 0.717) is 28.9 Å². The summed E-state index contributed by atoms with van der Waals surface area (Å²) in [6, 6.07) is 56.2. The number of hydrogen-bond acceptors (Lipinski definition) is 8. The van der Waals surface area contributed by atoms with Crippen molar-refractivity contribution in [2.75, 3.05) is 0 Å². The molecule has 0 aliphatic rings. The molecular formula is C49H27N5OS2. The summed E-state index contributed by atoms with van der Waals surface area (Å²) < 4.78 is 11.0. The Morgan fingerprint density at radius 3 is 1.70 bits per heavy atom. The van der Waals surface area contributed by atoms with Crippen LogP contribution in [-0.4, -0.2) is 24.9 Å². The fourth-order valence-corrected chi connectivity index (χ4v) is 10.4. The molecular weight excluding hydrogens is 739 g/mol. The SMILES string of the molecule is c1ccc(-c2nc(-c3cccc4c3sc3ccccc34)nc(-c3cccc4c3sc3cccc(-c5nc(-c6ccccc6)c6oc7ccccc7c6n5)c34)n2)cc1. The molecule has 7 aromatic carbocycles. The van der Waals surface area contributed by atoms with Crippen LogP contribution in [0.15, 0.2) is 168 Å². The third-order valence-corrected chi connectivity index (χ3v) is 13.0. The van der Waals surface area contributed by atoms with Gasteiger partial charge >= 0.3 is 0 Å². The second-order valence-electron chi connectivity index (χ2n) is 14.0. The Labute approximate surface area is 333 Å². The smallest absolute Gasteiger partial charge is 0.180 e. The van der Waals surface area contributed by atoms with Crippen LogP contribution in [0.4, 0.5) is 0 Å². The first-order valence-corrected chi connectivity index (χ1v) is 20.3. The van der Waals surface area contributed by atoms with Crippen LogP contribution in [0.2, 0.25) is 0 Å². The zero-order valence-electron chi connectivity index (χ0n) is 30.0. The molecule has 8 heteroatoms. The zero-order chi connectivity index (χ0) is 37.5. The lowest BCUT2D eigenvalue weighted by atomic mass is 10.0. The molecule has 12 aromatic rings. The van der Waals surface area contributed by atoms with Crippen LogP contribution in [-0.2, 0) is 0 Å². The van der Waals surface area contributed by atoms with E-state index in [1.165, 1.54) is 15.5 Å². The lowest BCUT2D eigenvalue weighted by molar-refractivity contribution is 0.667. The van der Waals surface area contributed by atoms with E-state index in [9.17, 15) is 0 Å². The van der Waals surface area contributed by atoms with Gasteiger partial charge in [0.1, 0.15) is 16.8 Å². The summed E-state index contributed by atoms with van der Waals surface area (Å²) in [4.78, 5) is 26.1. The van der Waals surface area contributed by atoms with Gasteiger partial charge in [0.25, 0.3) is 0 Å². The molecule has 0 saturated carbocycles. The van der Waals surface area contributed by atoms with Gasteiger partial charge in [-0.1, -0.05) is 127 Å². The summed E-state index contributed by atoms with van der Waals surface area (Å²) in [7, 11) is 0. The summed E-state index contributed by atoms with van der Waals surface area (Å²) in [6.45, 7) is 0.